The lowest BCUT2D eigenvalue weighted by Crippen LogP contribution is -1.96. The van der Waals surface area contributed by atoms with E-state index in [1.807, 2.05) is 0 Å². The fraction of sp³-hybridized carbons (Fsp3) is 0.286. The molecular weight excluding hydrogens is 212 g/mol. The molecule has 0 aliphatic heterocycles. The molecule has 0 saturated carbocycles. The summed E-state index contributed by atoms with van der Waals surface area (Å²) in [5, 5.41) is 9.34. The molecule has 0 amide bonds. The van der Waals surface area contributed by atoms with Crippen molar-refractivity contribution >= 4 is 29.3 Å². The van der Waals surface area contributed by atoms with Gasteiger partial charge in [0.15, 0.2) is 0 Å². The van der Waals surface area contributed by atoms with Crippen LogP contribution in [0.4, 0.5) is 0 Å². The number of aromatic nitrogens is 2. The Hall–Kier alpha value is -0.810. The van der Waals surface area contributed by atoms with Crippen LogP contribution in [-0.4, -0.2) is 26.8 Å². The van der Waals surface area contributed by atoms with Gasteiger partial charge >= 0.3 is 5.97 Å². The van der Waals surface area contributed by atoms with Gasteiger partial charge in [0, 0.05) is 5.75 Å². The van der Waals surface area contributed by atoms with Crippen molar-refractivity contribution in [1.29, 1.82) is 0 Å². The van der Waals surface area contributed by atoms with Crippen LogP contribution in [0.15, 0.2) is 17.4 Å². The Morgan fingerprint density at radius 3 is 3.00 bits per heavy atom. The van der Waals surface area contributed by atoms with E-state index in [1.54, 1.807) is 6.20 Å². The summed E-state index contributed by atoms with van der Waals surface area (Å²) in [5.74, 6) is -0.341. The zero-order chi connectivity index (χ0) is 9.68. The molecule has 0 spiro atoms. The van der Waals surface area contributed by atoms with Gasteiger partial charge in [0.1, 0.15) is 10.2 Å². The molecule has 0 fully saturated rings. The molecule has 1 heterocycles. The molecule has 1 aromatic heterocycles. The molecule has 0 aliphatic carbocycles. The third-order valence-electron chi connectivity index (χ3n) is 1.15. The predicted octanol–water partition coefficient (Wildman–Crippen LogP) is 1.70. The van der Waals surface area contributed by atoms with Gasteiger partial charge in [-0.1, -0.05) is 11.6 Å². The predicted molar refractivity (Wildman–Crippen MR) is 50.0 cm³/mol. The van der Waals surface area contributed by atoms with Gasteiger partial charge in [-0.05, 0) is 0 Å². The van der Waals surface area contributed by atoms with Crippen LogP contribution in [0.1, 0.15) is 6.42 Å². The Balaban J connectivity index is 2.41. The number of hydrogen-bond acceptors (Lipinski definition) is 4. The van der Waals surface area contributed by atoms with Gasteiger partial charge in [0.05, 0.1) is 18.8 Å². The highest BCUT2D eigenvalue weighted by atomic mass is 35.5. The topological polar surface area (TPSA) is 63.1 Å². The van der Waals surface area contributed by atoms with E-state index in [1.165, 1.54) is 18.0 Å². The Bertz CT molecular complexity index is 308. The SMILES string of the molecule is O=C(O)CCSc1cncc(Cl)n1. The Labute approximate surface area is 84.3 Å². The summed E-state index contributed by atoms with van der Waals surface area (Å²) >= 11 is 6.91. The fourth-order valence-corrected chi connectivity index (χ4v) is 1.62. The number of halogens is 1. The van der Waals surface area contributed by atoms with Gasteiger partial charge in [-0.15, -0.1) is 11.8 Å². The smallest absolute Gasteiger partial charge is 0.304 e. The summed E-state index contributed by atoms with van der Waals surface area (Å²) in [6.45, 7) is 0. The average molecular weight is 219 g/mol. The van der Waals surface area contributed by atoms with Crippen LogP contribution in [0.2, 0.25) is 5.15 Å². The van der Waals surface area contributed by atoms with Gasteiger partial charge in [0.2, 0.25) is 0 Å². The summed E-state index contributed by atoms with van der Waals surface area (Å²) < 4.78 is 0. The number of carboxylic acid groups (broad SMARTS) is 1. The highest BCUT2D eigenvalue weighted by molar-refractivity contribution is 7.99. The Morgan fingerprint density at radius 2 is 2.38 bits per heavy atom. The lowest BCUT2D eigenvalue weighted by atomic mass is 10.5. The van der Waals surface area contributed by atoms with Crippen LogP contribution in [0.3, 0.4) is 0 Å². The molecular formula is C7H7ClN2O2S. The molecule has 1 aromatic rings. The number of nitrogens with zero attached hydrogens (tertiary/aromatic N) is 2. The summed E-state index contributed by atoms with van der Waals surface area (Å²) in [6.07, 6.45) is 3.10. The maximum atomic E-state index is 10.2. The molecule has 1 rings (SSSR count). The number of aliphatic carboxylic acids is 1. The minimum Gasteiger partial charge on any atom is -0.481 e. The quantitative estimate of drug-likeness (QED) is 0.780. The standard InChI is InChI=1S/C7H7ClN2O2S/c8-5-3-9-4-6(10-5)13-2-1-7(11)12/h3-4H,1-2H2,(H,11,12). The largest absolute Gasteiger partial charge is 0.481 e. The van der Waals surface area contributed by atoms with E-state index in [9.17, 15) is 4.79 Å². The van der Waals surface area contributed by atoms with E-state index in [2.05, 4.69) is 9.97 Å². The molecule has 0 aliphatic rings. The third-order valence-corrected chi connectivity index (χ3v) is 2.23. The highest BCUT2D eigenvalue weighted by Crippen LogP contribution is 2.16. The molecule has 13 heavy (non-hydrogen) atoms. The van der Waals surface area contributed by atoms with Crippen LogP contribution < -0.4 is 0 Å². The van der Waals surface area contributed by atoms with Crippen molar-refractivity contribution in [3.05, 3.63) is 17.5 Å². The van der Waals surface area contributed by atoms with Crippen molar-refractivity contribution in [2.24, 2.45) is 0 Å². The monoisotopic (exact) mass is 218 g/mol. The molecule has 1 N–H and O–H groups in total. The second-order valence-electron chi connectivity index (χ2n) is 2.17. The third kappa shape index (κ3) is 4.10. The molecule has 0 atom stereocenters. The number of rotatable bonds is 4. The van der Waals surface area contributed by atoms with Gasteiger partial charge in [0.25, 0.3) is 0 Å². The van der Waals surface area contributed by atoms with Crippen molar-refractivity contribution in [2.45, 2.75) is 11.4 Å². The first-order chi connectivity index (χ1) is 6.18. The summed E-state index contributed by atoms with van der Waals surface area (Å²) in [6, 6.07) is 0. The van der Waals surface area contributed by atoms with Crippen LogP contribution in [-0.2, 0) is 4.79 Å². The first kappa shape index (κ1) is 10.3. The van der Waals surface area contributed by atoms with Crippen molar-refractivity contribution in [3.8, 4) is 0 Å². The molecule has 0 radical (unpaired) electrons. The Morgan fingerprint density at radius 1 is 1.62 bits per heavy atom. The van der Waals surface area contributed by atoms with E-state index >= 15 is 0 Å². The highest BCUT2D eigenvalue weighted by Gasteiger charge is 2.00. The van der Waals surface area contributed by atoms with Gasteiger partial charge in [-0.2, -0.15) is 0 Å². The van der Waals surface area contributed by atoms with E-state index in [0.29, 0.717) is 15.9 Å². The number of carboxylic acids is 1. The van der Waals surface area contributed by atoms with Crippen molar-refractivity contribution in [3.63, 3.8) is 0 Å². The maximum Gasteiger partial charge on any atom is 0.304 e. The molecule has 0 saturated heterocycles. The molecule has 6 heteroatoms. The minimum atomic E-state index is -0.817. The fourth-order valence-electron chi connectivity index (χ4n) is 0.638. The number of thioether (sulfide) groups is 1. The Kier molecular flexibility index (Phi) is 3.98. The maximum absolute atomic E-state index is 10.2. The van der Waals surface area contributed by atoms with Crippen molar-refractivity contribution < 1.29 is 9.90 Å². The summed E-state index contributed by atoms with van der Waals surface area (Å²) in [4.78, 5) is 17.9. The minimum absolute atomic E-state index is 0.110. The zero-order valence-electron chi connectivity index (χ0n) is 6.61. The summed E-state index contributed by atoms with van der Waals surface area (Å²) in [7, 11) is 0. The first-order valence-corrected chi connectivity index (χ1v) is 4.87. The molecule has 0 unspecified atom stereocenters. The van der Waals surface area contributed by atoms with E-state index in [-0.39, 0.29) is 6.42 Å². The molecule has 70 valence electrons. The van der Waals surface area contributed by atoms with E-state index < -0.39 is 5.97 Å². The van der Waals surface area contributed by atoms with Crippen LogP contribution in [0.5, 0.6) is 0 Å². The van der Waals surface area contributed by atoms with E-state index in [0.717, 1.165) is 0 Å². The second kappa shape index (κ2) is 5.04. The average Bonchev–Trinajstić information content (AvgIpc) is 2.03. The second-order valence-corrected chi connectivity index (χ2v) is 3.67. The van der Waals surface area contributed by atoms with E-state index in [4.69, 9.17) is 16.7 Å². The number of hydrogen-bond donors (Lipinski definition) is 1. The van der Waals surface area contributed by atoms with Gasteiger partial charge in [-0.3, -0.25) is 9.78 Å². The summed E-state index contributed by atoms with van der Waals surface area (Å²) in [5.41, 5.74) is 0. The molecule has 0 bridgehead atoms. The lowest BCUT2D eigenvalue weighted by molar-refractivity contribution is -0.136. The molecule has 0 aromatic carbocycles. The van der Waals surface area contributed by atoms with Crippen LogP contribution in [0, 0.1) is 0 Å². The van der Waals surface area contributed by atoms with Crippen LogP contribution >= 0.6 is 23.4 Å². The van der Waals surface area contributed by atoms with Crippen molar-refractivity contribution in [2.75, 3.05) is 5.75 Å². The zero-order valence-corrected chi connectivity index (χ0v) is 8.18. The van der Waals surface area contributed by atoms with Crippen molar-refractivity contribution in [1.82, 2.24) is 9.97 Å². The molecule has 4 nitrogen and oxygen atoms in total. The van der Waals surface area contributed by atoms with Gasteiger partial charge in [-0.25, -0.2) is 4.98 Å². The normalized spacial score (nSPS) is 9.92. The van der Waals surface area contributed by atoms with Gasteiger partial charge < -0.3 is 5.11 Å². The van der Waals surface area contributed by atoms with Crippen LogP contribution in [0.25, 0.3) is 0 Å². The number of carbonyl (C=O) groups is 1. The lowest BCUT2D eigenvalue weighted by Gasteiger charge is -1.97. The first-order valence-electron chi connectivity index (χ1n) is 3.50.